The highest BCUT2D eigenvalue weighted by atomic mass is 16.5. The molecule has 3 nitrogen and oxygen atoms in total. The van der Waals surface area contributed by atoms with Crippen LogP contribution in [-0.4, -0.2) is 37.9 Å². The van der Waals surface area contributed by atoms with E-state index in [1.165, 1.54) is 19.3 Å². The van der Waals surface area contributed by atoms with Crippen molar-refractivity contribution in [3.63, 3.8) is 0 Å². The van der Waals surface area contributed by atoms with Gasteiger partial charge >= 0.3 is 0 Å². The van der Waals surface area contributed by atoms with Crippen LogP contribution in [0.25, 0.3) is 0 Å². The van der Waals surface area contributed by atoms with E-state index in [2.05, 4.69) is 4.90 Å². The molecule has 2 N–H and O–H groups in total. The first-order valence-electron chi connectivity index (χ1n) is 4.33. The molecular formula is C8H18N2O. The average Bonchev–Trinajstić information content (AvgIpc) is 2.07. The van der Waals surface area contributed by atoms with E-state index in [0.717, 1.165) is 13.1 Å². The van der Waals surface area contributed by atoms with Gasteiger partial charge in [-0.3, -0.25) is 4.90 Å². The number of hydrogen-bond donors (Lipinski definition) is 1. The van der Waals surface area contributed by atoms with Crippen LogP contribution < -0.4 is 5.73 Å². The van der Waals surface area contributed by atoms with Crippen LogP contribution in [0.5, 0.6) is 0 Å². The Hall–Kier alpha value is -0.120. The van der Waals surface area contributed by atoms with Crippen molar-refractivity contribution in [3.8, 4) is 0 Å². The molecule has 1 fully saturated rings. The quantitative estimate of drug-likeness (QED) is 0.646. The first-order valence-corrected chi connectivity index (χ1v) is 4.33. The standard InChI is InChI=1S/C8H18N2O/c1-11-7-8(9)10-5-3-2-4-6-10/h8H,2-7,9H2,1H3. The molecule has 0 aromatic carbocycles. The maximum atomic E-state index is 5.86. The Morgan fingerprint density at radius 1 is 1.36 bits per heavy atom. The molecule has 66 valence electrons. The Morgan fingerprint density at radius 2 is 2.00 bits per heavy atom. The molecule has 0 aromatic heterocycles. The van der Waals surface area contributed by atoms with Gasteiger partial charge in [-0.1, -0.05) is 6.42 Å². The summed E-state index contributed by atoms with van der Waals surface area (Å²) in [5, 5.41) is 0. The predicted octanol–water partition coefficient (Wildman–Crippen LogP) is 0.403. The fourth-order valence-corrected chi connectivity index (χ4v) is 1.53. The van der Waals surface area contributed by atoms with Crippen molar-refractivity contribution in [3.05, 3.63) is 0 Å². The normalized spacial score (nSPS) is 23.5. The lowest BCUT2D eigenvalue weighted by Gasteiger charge is -2.31. The predicted molar refractivity (Wildman–Crippen MR) is 45.3 cm³/mol. The lowest BCUT2D eigenvalue weighted by molar-refractivity contribution is 0.0802. The van der Waals surface area contributed by atoms with Gasteiger partial charge in [-0.2, -0.15) is 0 Å². The van der Waals surface area contributed by atoms with Gasteiger partial charge in [0, 0.05) is 7.11 Å². The number of ether oxygens (including phenoxy) is 1. The van der Waals surface area contributed by atoms with Crippen molar-refractivity contribution >= 4 is 0 Å². The summed E-state index contributed by atoms with van der Waals surface area (Å²) < 4.78 is 4.99. The Labute approximate surface area is 68.5 Å². The van der Waals surface area contributed by atoms with Gasteiger partial charge in [-0.25, -0.2) is 0 Å². The van der Waals surface area contributed by atoms with Gasteiger partial charge in [0.2, 0.25) is 0 Å². The molecule has 1 saturated heterocycles. The Balaban J connectivity index is 2.21. The van der Waals surface area contributed by atoms with E-state index < -0.39 is 0 Å². The number of hydrogen-bond acceptors (Lipinski definition) is 3. The number of rotatable bonds is 3. The van der Waals surface area contributed by atoms with E-state index in [4.69, 9.17) is 10.5 Å². The first-order chi connectivity index (χ1) is 5.34. The number of nitrogens with two attached hydrogens (primary N) is 1. The minimum Gasteiger partial charge on any atom is -0.382 e. The second-order valence-electron chi connectivity index (χ2n) is 3.12. The largest absolute Gasteiger partial charge is 0.382 e. The second kappa shape index (κ2) is 4.70. The van der Waals surface area contributed by atoms with Gasteiger partial charge in [-0.15, -0.1) is 0 Å². The molecular weight excluding hydrogens is 140 g/mol. The number of likely N-dealkylation sites (tertiary alicyclic amines) is 1. The average molecular weight is 158 g/mol. The molecule has 1 atom stereocenters. The van der Waals surface area contributed by atoms with Crippen molar-refractivity contribution in [2.24, 2.45) is 5.73 Å². The third-order valence-corrected chi connectivity index (χ3v) is 2.20. The van der Waals surface area contributed by atoms with Crippen molar-refractivity contribution in [2.75, 3.05) is 26.8 Å². The van der Waals surface area contributed by atoms with Crippen molar-refractivity contribution in [2.45, 2.75) is 25.4 Å². The SMILES string of the molecule is COCC(N)N1CCCCC1. The monoisotopic (exact) mass is 158 g/mol. The van der Waals surface area contributed by atoms with Crippen LogP contribution in [0, 0.1) is 0 Å². The zero-order valence-electron chi connectivity index (χ0n) is 7.25. The molecule has 0 radical (unpaired) electrons. The van der Waals surface area contributed by atoms with E-state index in [-0.39, 0.29) is 6.17 Å². The zero-order valence-corrected chi connectivity index (χ0v) is 7.25. The van der Waals surface area contributed by atoms with E-state index in [1.54, 1.807) is 7.11 Å². The Bertz CT molecular complexity index is 102. The molecule has 3 heteroatoms. The minimum atomic E-state index is 0.111. The fourth-order valence-electron chi connectivity index (χ4n) is 1.53. The summed E-state index contributed by atoms with van der Waals surface area (Å²) in [6, 6.07) is 0. The van der Waals surface area contributed by atoms with Crippen LogP contribution in [0.3, 0.4) is 0 Å². The lowest BCUT2D eigenvalue weighted by Crippen LogP contribution is -2.47. The summed E-state index contributed by atoms with van der Waals surface area (Å²) in [6.45, 7) is 2.94. The van der Waals surface area contributed by atoms with Crippen molar-refractivity contribution in [1.82, 2.24) is 4.90 Å². The smallest absolute Gasteiger partial charge is 0.0813 e. The van der Waals surface area contributed by atoms with Crippen LogP contribution in [-0.2, 0) is 4.74 Å². The molecule has 1 aliphatic heterocycles. The molecule has 1 aliphatic rings. The van der Waals surface area contributed by atoms with Crippen LogP contribution in [0.2, 0.25) is 0 Å². The van der Waals surface area contributed by atoms with Crippen LogP contribution in [0.4, 0.5) is 0 Å². The van der Waals surface area contributed by atoms with E-state index in [1.807, 2.05) is 0 Å². The summed E-state index contributed by atoms with van der Waals surface area (Å²) in [7, 11) is 1.70. The van der Waals surface area contributed by atoms with Crippen molar-refractivity contribution < 1.29 is 4.74 Å². The first kappa shape index (κ1) is 8.97. The van der Waals surface area contributed by atoms with Crippen LogP contribution in [0.15, 0.2) is 0 Å². The van der Waals surface area contributed by atoms with Gasteiger partial charge in [0.25, 0.3) is 0 Å². The number of piperidine rings is 1. The highest BCUT2D eigenvalue weighted by Crippen LogP contribution is 2.09. The molecule has 0 bridgehead atoms. The highest BCUT2D eigenvalue weighted by Gasteiger charge is 2.15. The molecule has 1 unspecified atom stereocenters. The highest BCUT2D eigenvalue weighted by molar-refractivity contribution is 4.69. The molecule has 11 heavy (non-hydrogen) atoms. The summed E-state index contributed by atoms with van der Waals surface area (Å²) in [5.41, 5.74) is 5.86. The summed E-state index contributed by atoms with van der Waals surface area (Å²) in [5.74, 6) is 0. The molecule has 1 heterocycles. The third kappa shape index (κ3) is 2.77. The molecule has 0 aromatic rings. The van der Waals surface area contributed by atoms with Crippen LogP contribution >= 0.6 is 0 Å². The van der Waals surface area contributed by atoms with E-state index in [0.29, 0.717) is 6.61 Å². The topological polar surface area (TPSA) is 38.5 Å². The van der Waals surface area contributed by atoms with Gasteiger partial charge in [0.05, 0.1) is 12.8 Å². The zero-order chi connectivity index (χ0) is 8.10. The van der Waals surface area contributed by atoms with Gasteiger partial charge < -0.3 is 10.5 Å². The Morgan fingerprint density at radius 3 is 2.55 bits per heavy atom. The molecule has 0 aliphatic carbocycles. The maximum Gasteiger partial charge on any atom is 0.0813 e. The fraction of sp³-hybridized carbons (Fsp3) is 1.00. The minimum absolute atomic E-state index is 0.111. The summed E-state index contributed by atoms with van der Waals surface area (Å²) >= 11 is 0. The molecule has 0 spiro atoms. The Kier molecular flexibility index (Phi) is 3.83. The van der Waals surface area contributed by atoms with Gasteiger partial charge in [0.15, 0.2) is 0 Å². The van der Waals surface area contributed by atoms with E-state index in [9.17, 15) is 0 Å². The second-order valence-corrected chi connectivity index (χ2v) is 3.12. The molecule has 1 rings (SSSR count). The number of nitrogens with zero attached hydrogens (tertiary/aromatic N) is 1. The van der Waals surface area contributed by atoms with Gasteiger partial charge in [-0.05, 0) is 25.9 Å². The maximum absolute atomic E-state index is 5.86. The lowest BCUT2D eigenvalue weighted by atomic mass is 10.1. The van der Waals surface area contributed by atoms with E-state index >= 15 is 0 Å². The summed E-state index contributed by atoms with van der Waals surface area (Å²) in [4.78, 5) is 2.30. The third-order valence-electron chi connectivity index (χ3n) is 2.20. The number of methoxy groups -OCH3 is 1. The summed E-state index contributed by atoms with van der Waals surface area (Å²) in [6.07, 6.45) is 4.05. The van der Waals surface area contributed by atoms with Crippen LogP contribution in [0.1, 0.15) is 19.3 Å². The van der Waals surface area contributed by atoms with Crippen molar-refractivity contribution in [1.29, 1.82) is 0 Å². The molecule has 0 saturated carbocycles. The van der Waals surface area contributed by atoms with Gasteiger partial charge in [0.1, 0.15) is 0 Å². The molecule has 0 amide bonds.